The van der Waals surface area contributed by atoms with Crippen LogP contribution >= 0.6 is 12.2 Å². The molecule has 0 aliphatic carbocycles. The van der Waals surface area contributed by atoms with Gasteiger partial charge in [-0.05, 0) is 30.3 Å². The van der Waals surface area contributed by atoms with Gasteiger partial charge in [0.25, 0.3) is 0 Å². The summed E-state index contributed by atoms with van der Waals surface area (Å²) in [5.74, 6) is 0.179. The lowest BCUT2D eigenvalue weighted by Crippen LogP contribution is -2.12. The van der Waals surface area contributed by atoms with Gasteiger partial charge in [0.15, 0.2) is 0 Å². The number of hydrogen-bond donors (Lipinski definition) is 1. The summed E-state index contributed by atoms with van der Waals surface area (Å²) in [5.41, 5.74) is 4.96. The summed E-state index contributed by atoms with van der Waals surface area (Å²) in [6, 6.07) is 5.64. The molecular formula is C12H8F3N3OS. The fourth-order valence-corrected chi connectivity index (χ4v) is 1.46. The molecule has 0 spiro atoms. The minimum atomic E-state index is -4.39. The van der Waals surface area contributed by atoms with Crippen LogP contribution in [0.1, 0.15) is 11.3 Å². The summed E-state index contributed by atoms with van der Waals surface area (Å²) in [6.45, 7) is 0. The van der Waals surface area contributed by atoms with Gasteiger partial charge in [0.2, 0.25) is 0 Å². The summed E-state index contributed by atoms with van der Waals surface area (Å²) >= 11 is 4.75. The Morgan fingerprint density at radius 2 is 1.80 bits per heavy atom. The van der Waals surface area contributed by atoms with Crippen LogP contribution in [0.3, 0.4) is 0 Å². The van der Waals surface area contributed by atoms with Crippen LogP contribution in [0.25, 0.3) is 0 Å². The van der Waals surface area contributed by atoms with Crippen molar-refractivity contribution in [2.24, 2.45) is 5.73 Å². The van der Waals surface area contributed by atoms with Gasteiger partial charge in [-0.15, -0.1) is 0 Å². The summed E-state index contributed by atoms with van der Waals surface area (Å²) in [7, 11) is 0. The number of halogens is 3. The van der Waals surface area contributed by atoms with E-state index in [1.165, 1.54) is 24.4 Å². The molecule has 1 aromatic heterocycles. The smallest absolute Gasteiger partial charge is 0.416 e. The summed E-state index contributed by atoms with van der Waals surface area (Å²) in [6.07, 6.45) is -3.00. The number of nitrogens with zero attached hydrogens (tertiary/aromatic N) is 2. The Balaban J connectivity index is 2.18. The molecule has 1 heterocycles. The molecule has 2 N–H and O–H groups in total. The lowest BCUT2D eigenvalue weighted by atomic mass is 10.2. The third-order valence-corrected chi connectivity index (χ3v) is 2.49. The van der Waals surface area contributed by atoms with E-state index in [1.54, 1.807) is 0 Å². The molecule has 20 heavy (non-hydrogen) atoms. The fraction of sp³-hybridized carbons (Fsp3) is 0.0833. The molecule has 2 rings (SSSR count). The Labute approximate surface area is 117 Å². The summed E-state index contributed by atoms with van der Waals surface area (Å²) in [4.78, 5) is 7.81. The molecule has 0 aliphatic heterocycles. The predicted octanol–water partition coefficient (Wildman–Crippen LogP) is 2.92. The van der Waals surface area contributed by atoms with Gasteiger partial charge in [-0.3, -0.25) is 0 Å². The molecule has 2 aromatic rings. The topological polar surface area (TPSA) is 61.0 Å². The van der Waals surface area contributed by atoms with E-state index in [4.69, 9.17) is 22.7 Å². The van der Waals surface area contributed by atoms with Crippen LogP contribution < -0.4 is 10.5 Å². The number of thiocarbonyl (C=S) groups is 1. The van der Waals surface area contributed by atoms with E-state index in [1.807, 2.05) is 0 Å². The number of ether oxygens (including phenoxy) is 1. The first kappa shape index (κ1) is 14.2. The highest BCUT2D eigenvalue weighted by molar-refractivity contribution is 7.80. The fourth-order valence-electron chi connectivity index (χ4n) is 1.34. The molecule has 0 atom stereocenters. The second-order valence-electron chi connectivity index (χ2n) is 3.71. The Morgan fingerprint density at radius 3 is 2.35 bits per heavy atom. The van der Waals surface area contributed by atoms with E-state index in [0.29, 0.717) is 5.69 Å². The van der Waals surface area contributed by atoms with Crippen LogP contribution in [0, 0.1) is 0 Å². The lowest BCUT2D eigenvalue weighted by molar-refractivity contribution is -0.137. The van der Waals surface area contributed by atoms with Gasteiger partial charge >= 0.3 is 12.2 Å². The highest BCUT2D eigenvalue weighted by atomic mass is 32.1. The van der Waals surface area contributed by atoms with Crippen molar-refractivity contribution in [2.45, 2.75) is 6.18 Å². The van der Waals surface area contributed by atoms with Crippen LogP contribution in [-0.4, -0.2) is 15.0 Å². The molecular weight excluding hydrogens is 291 g/mol. The van der Waals surface area contributed by atoms with Gasteiger partial charge in [0.1, 0.15) is 16.4 Å². The minimum Gasteiger partial charge on any atom is -0.424 e. The number of rotatable bonds is 3. The zero-order chi connectivity index (χ0) is 14.8. The largest absolute Gasteiger partial charge is 0.424 e. The highest BCUT2D eigenvalue weighted by Gasteiger charge is 2.30. The molecule has 0 radical (unpaired) electrons. The summed E-state index contributed by atoms with van der Waals surface area (Å²) in [5, 5.41) is 0. The average Bonchev–Trinajstić information content (AvgIpc) is 2.38. The first-order valence-electron chi connectivity index (χ1n) is 5.34. The molecule has 0 amide bonds. The van der Waals surface area contributed by atoms with E-state index in [-0.39, 0.29) is 16.7 Å². The standard InChI is InChI=1S/C12H8F3N3OS/c13-12(14,15)7-1-3-8(4-2-7)19-11-17-6-5-9(18-11)10(16)20/h1-6H,(H2,16,20). The Morgan fingerprint density at radius 1 is 1.15 bits per heavy atom. The molecule has 0 unspecified atom stereocenters. The first-order valence-corrected chi connectivity index (χ1v) is 5.75. The second kappa shape index (κ2) is 5.41. The van der Waals surface area contributed by atoms with Crippen LogP contribution in [0.2, 0.25) is 0 Å². The zero-order valence-corrected chi connectivity index (χ0v) is 10.7. The van der Waals surface area contributed by atoms with Crippen LogP contribution in [-0.2, 0) is 6.18 Å². The van der Waals surface area contributed by atoms with Gasteiger partial charge in [0, 0.05) is 6.20 Å². The number of aromatic nitrogens is 2. The van der Waals surface area contributed by atoms with Crippen molar-refractivity contribution in [3.05, 3.63) is 47.8 Å². The molecule has 1 aromatic carbocycles. The van der Waals surface area contributed by atoms with Gasteiger partial charge < -0.3 is 10.5 Å². The average molecular weight is 299 g/mol. The minimum absolute atomic E-state index is 0.0462. The first-order chi connectivity index (χ1) is 9.36. The van der Waals surface area contributed by atoms with Crippen LogP contribution in [0.5, 0.6) is 11.8 Å². The zero-order valence-electron chi connectivity index (χ0n) is 9.89. The van der Waals surface area contributed by atoms with Crippen molar-refractivity contribution in [3.63, 3.8) is 0 Å². The van der Waals surface area contributed by atoms with E-state index in [9.17, 15) is 13.2 Å². The number of benzene rings is 1. The molecule has 0 saturated heterocycles. The van der Waals surface area contributed by atoms with E-state index >= 15 is 0 Å². The van der Waals surface area contributed by atoms with Crippen molar-refractivity contribution < 1.29 is 17.9 Å². The third kappa shape index (κ3) is 3.41. The third-order valence-electron chi connectivity index (χ3n) is 2.28. The maximum atomic E-state index is 12.4. The summed E-state index contributed by atoms with van der Waals surface area (Å²) < 4.78 is 42.4. The van der Waals surface area contributed by atoms with Gasteiger partial charge in [-0.1, -0.05) is 12.2 Å². The van der Waals surface area contributed by atoms with Crippen LogP contribution in [0.4, 0.5) is 13.2 Å². The predicted molar refractivity (Wildman–Crippen MR) is 69.4 cm³/mol. The monoisotopic (exact) mass is 299 g/mol. The Hall–Kier alpha value is -2.22. The quantitative estimate of drug-likeness (QED) is 0.883. The van der Waals surface area contributed by atoms with E-state index in [0.717, 1.165) is 12.1 Å². The SMILES string of the molecule is NC(=S)c1ccnc(Oc2ccc(C(F)(F)F)cc2)n1. The van der Waals surface area contributed by atoms with Crippen molar-refractivity contribution in [3.8, 4) is 11.8 Å². The van der Waals surface area contributed by atoms with Crippen molar-refractivity contribution >= 4 is 17.2 Å². The Bertz CT molecular complexity index is 629. The number of hydrogen-bond acceptors (Lipinski definition) is 4. The van der Waals surface area contributed by atoms with Crippen LogP contribution in [0.15, 0.2) is 36.5 Å². The maximum Gasteiger partial charge on any atom is 0.416 e. The maximum absolute atomic E-state index is 12.4. The molecule has 0 aliphatic rings. The van der Waals surface area contributed by atoms with Gasteiger partial charge in [0.05, 0.1) is 5.56 Å². The Kier molecular flexibility index (Phi) is 3.84. The van der Waals surface area contributed by atoms with E-state index in [2.05, 4.69) is 9.97 Å². The van der Waals surface area contributed by atoms with Crippen molar-refractivity contribution in [1.82, 2.24) is 9.97 Å². The molecule has 104 valence electrons. The van der Waals surface area contributed by atoms with E-state index < -0.39 is 11.7 Å². The molecule has 0 saturated carbocycles. The molecule has 8 heteroatoms. The normalized spacial score (nSPS) is 11.2. The lowest BCUT2D eigenvalue weighted by Gasteiger charge is -2.08. The molecule has 4 nitrogen and oxygen atoms in total. The number of alkyl halides is 3. The van der Waals surface area contributed by atoms with Gasteiger partial charge in [-0.25, -0.2) is 4.98 Å². The molecule has 0 bridgehead atoms. The highest BCUT2D eigenvalue weighted by Crippen LogP contribution is 2.30. The second-order valence-corrected chi connectivity index (χ2v) is 4.15. The number of nitrogens with two attached hydrogens (primary N) is 1. The molecule has 0 fully saturated rings. The van der Waals surface area contributed by atoms with Crippen molar-refractivity contribution in [1.29, 1.82) is 0 Å². The van der Waals surface area contributed by atoms with Gasteiger partial charge in [-0.2, -0.15) is 18.2 Å². The van der Waals surface area contributed by atoms with Crippen molar-refractivity contribution in [2.75, 3.05) is 0 Å².